The molecule has 0 spiro atoms. The smallest absolute Gasteiger partial charge is 0.318 e. The van der Waals surface area contributed by atoms with Gasteiger partial charge in [0.05, 0.1) is 13.2 Å². The second kappa shape index (κ2) is 7.62. The molecule has 0 aliphatic heterocycles. The first-order valence-corrected chi connectivity index (χ1v) is 5.61. The number of methoxy groups -OCH3 is 1. The first kappa shape index (κ1) is 14.4. The van der Waals surface area contributed by atoms with Crippen LogP contribution in [0, 0.1) is 0 Å². The summed E-state index contributed by atoms with van der Waals surface area (Å²) >= 11 is 0. The molecule has 102 valence electrons. The molecule has 2 N–H and O–H groups in total. The normalized spacial score (nSPS) is 10.4. The van der Waals surface area contributed by atoms with E-state index in [-0.39, 0.29) is 12.5 Å². The molecule has 0 unspecified atom stereocenters. The minimum atomic E-state index is -0.115. The Bertz CT molecular complexity index is 368. The number of aromatic nitrogens is 2. The minimum absolute atomic E-state index is 0.115. The molecule has 18 heavy (non-hydrogen) atoms. The fourth-order valence-corrected chi connectivity index (χ4v) is 1.20. The molecule has 8 heteroatoms. The largest absolute Gasteiger partial charge is 0.407 e. The van der Waals surface area contributed by atoms with E-state index in [1.165, 1.54) is 0 Å². The summed E-state index contributed by atoms with van der Waals surface area (Å²) in [4.78, 5) is 12.8. The maximum absolute atomic E-state index is 11.2. The molecule has 1 heterocycles. The van der Waals surface area contributed by atoms with E-state index in [2.05, 4.69) is 20.8 Å². The van der Waals surface area contributed by atoms with Crippen molar-refractivity contribution in [2.45, 2.75) is 6.54 Å². The van der Waals surface area contributed by atoms with Gasteiger partial charge in [-0.05, 0) is 0 Å². The van der Waals surface area contributed by atoms with Crippen molar-refractivity contribution in [2.75, 3.05) is 45.8 Å². The van der Waals surface area contributed by atoms with Crippen molar-refractivity contribution < 1.29 is 13.9 Å². The lowest BCUT2D eigenvalue weighted by atomic mass is 10.5. The Labute approximate surface area is 106 Å². The molecular weight excluding hydrogens is 238 g/mol. The summed E-state index contributed by atoms with van der Waals surface area (Å²) in [5.41, 5.74) is 0. The van der Waals surface area contributed by atoms with Crippen molar-refractivity contribution in [2.24, 2.45) is 0 Å². The van der Waals surface area contributed by atoms with E-state index < -0.39 is 0 Å². The lowest BCUT2D eigenvalue weighted by Gasteiger charge is -2.11. The molecule has 0 saturated carbocycles. The Morgan fingerprint density at radius 2 is 2.28 bits per heavy atom. The maximum atomic E-state index is 11.2. The van der Waals surface area contributed by atoms with Crippen LogP contribution >= 0.6 is 0 Å². The first-order chi connectivity index (χ1) is 8.67. The summed E-state index contributed by atoms with van der Waals surface area (Å²) < 4.78 is 10.3. The van der Waals surface area contributed by atoms with Gasteiger partial charge in [0.15, 0.2) is 0 Å². The van der Waals surface area contributed by atoms with Crippen molar-refractivity contribution in [3.63, 3.8) is 0 Å². The molecule has 0 atom stereocenters. The number of ether oxygens (including phenoxy) is 1. The standard InChI is InChI=1S/C10H19N5O3/c1-11-8(16)7-15(2)10-14-13-9(18-10)6-12-4-5-17-3/h12H,4-7H2,1-3H3,(H,11,16). The topological polar surface area (TPSA) is 92.5 Å². The van der Waals surface area contributed by atoms with E-state index >= 15 is 0 Å². The van der Waals surface area contributed by atoms with Gasteiger partial charge in [0.1, 0.15) is 6.54 Å². The van der Waals surface area contributed by atoms with Crippen molar-refractivity contribution in [3.8, 4) is 0 Å². The Morgan fingerprint density at radius 3 is 2.94 bits per heavy atom. The van der Waals surface area contributed by atoms with Crippen LogP contribution in [0.1, 0.15) is 5.89 Å². The van der Waals surface area contributed by atoms with E-state index in [4.69, 9.17) is 9.15 Å². The molecule has 1 amide bonds. The van der Waals surface area contributed by atoms with Crippen LogP contribution in [0.25, 0.3) is 0 Å². The van der Waals surface area contributed by atoms with Gasteiger partial charge in [-0.1, -0.05) is 5.10 Å². The van der Waals surface area contributed by atoms with E-state index in [0.29, 0.717) is 31.6 Å². The fourth-order valence-electron chi connectivity index (χ4n) is 1.20. The summed E-state index contributed by atoms with van der Waals surface area (Å²) in [6.45, 7) is 1.99. The van der Waals surface area contributed by atoms with Gasteiger partial charge in [-0.15, -0.1) is 5.10 Å². The van der Waals surface area contributed by atoms with E-state index in [0.717, 1.165) is 0 Å². The van der Waals surface area contributed by atoms with Crippen LogP contribution < -0.4 is 15.5 Å². The van der Waals surface area contributed by atoms with E-state index in [1.54, 1.807) is 26.1 Å². The zero-order valence-electron chi connectivity index (χ0n) is 10.9. The number of rotatable bonds is 8. The molecule has 0 aromatic carbocycles. The van der Waals surface area contributed by atoms with Crippen molar-refractivity contribution in [3.05, 3.63) is 5.89 Å². The average molecular weight is 257 g/mol. The third-order valence-corrected chi connectivity index (χ3v) is 2.20. The molecule has 1 rings (SSSR count). The third-order valence-electron chi connectivity index (χ3n) is 2.20. The average Bonchev–Trinajstić information content (AvgIpc) is 2.83. The van der Waals surface area contributed by atoms with Gasteiger partial charge in [0, 0.05) is 27.7 Å². The monoisotopic (exact) mass is 257 g/mol. The molecule has 0 fully saturated rings. The first-order valence-electron chi connectivity index (χ1n) is 5.61. The van der Waals surface area contributed by atoms with Gasteiger partial charge < -0.3 is 24.7 Å². The van der Waals surface area contributed by atoms with Crippen LogP contribution in [0.5, 0.6) is 0 Å². The SMILES string of the molecule is CNC(=O)CN(C)c1nnc(CNCCOC)o1. The molecule has 0 aliphatic rings. The number of amides is 1. The molecule has 0 aliphatic carbocycles. The number of likely N-dealkylation sites (N-methyl/N-ethyl adjacent to an activating group) is 2. The van der Waals surface area contributed by atoms with Crippen LogP contribution in [0.4, 0.5) is 6.01 Å². The number of carbonyl (C=O) groups is 1. The second-order valence-corrected chi connectivity index (χ2v) is 3.68. The number of nitrogens with one attached hydrogen (secondary N) is 2. The zero-order chi connectivity index (χ0) is 13.4. The summed E-state index contributed by atoms with van der Waals surface area (Å²) in [5, 5.41) is 13.3. The van der Waals surface area contributed by atoms with E-state index in [9.17, 15) is 4.79 Å². The highest BCUT2D eigenvalue weighted by molar-refractivity contribution is 5.80. The fraction of sp³-hybridized carbons (Fsp3) is 0.700. The van der Waals surface area contributed by atoms with Crippen molar-refractivity contribution >= 4 is 11.9 Å². The number of hydrogen-bond acceptors (Lipinski definition) is 7. The Kier molecular flexibility index (Phi) is 6.09. The molecule has 0 bridgehead atoms. The number of hydrogen-bond donors (Lipinski definition) is 2. The molecule has 1 aromatic rings. The van der Waals surface area contributed by atoms with Gasteiger partial charge in [0.25, 0.3) is 0 Å². The lowest BCUT2D eigenvalue weighted by Crippen LogP contribution is -2.33. The predicted octanol–water partition coefficient (Wildman–Crippen LogP) is -1.01. The lowest BCUT2D eigenvalue weighted by molar-refractivity contribution is -0.119. The van der Waals surface area contributed by atoms with Crippen LogP contribution in [0.15, 0.2) is 4.42 Å². The quantitative estimate of drug-likeness (QED) is 0.576. The zero-order valence-corrected chi connectivity index (χ0v) is 10.9. The van der Waals surface area contributed by atoms with Crippen molar-refractivity contribution in [1.29, 1.82) is 0 Å². The van der Waals surface area contributed by atoms with Gasteiger partial charge >= 0.3 is 6.01 Å². The second-order valence-electron chi connectivity index (χ2n) is 3.68. The van der Waals surface area contributed by atoms with Crippen LogP contribution in [-0.2, 0) is 16.1 Å². The molecular formula is C10H19N5O3. The van der Waals surface area contributed by atoms with Crippen LogP contribution in [0.3, 0.4) is 0 Å². The molecule has 1 aromatic heterocycles. The Morgan fingerprint density at radius 1 is 1.50 bits per heavy atom. The molecule has 0 saturated heterocycles. The Hall–Kier alpha value is -1.67. The van der Waals surface area contributed by atoms with E-state index in [1.807, 2.05) is 0 Å². The summed E-state index contributed by atoms with van der Waals surface area (Å²) in [5.74, 6) is 0.361. The maximum Gasteiger partial charge on any atom is 0.318 e. The van der Waals surface area contributed by atoms with Gasteiger partial charge in [-0.3, -0.25) is 4.79 Å². The van der Waals surface area contributed by atoms with Crippen LogP contribution in [-0.4, -0.2) is 57.0 Å². The van der Waals surface area contributed by atoms with Crippen molar-refractivity contribution in [1.82, 2.24) is 20.8 Å². The molecule has 0 radical (unpaired) electrons. The predicted molar refractivity (Wildman–Crippen MR) is 65.2 cm³/mol. The van der Waals surface area contributed by atoms with Gasteiger partial charge in [-0.2, -0.15) is 0 Å². The highest BCUT2D eigenvalue weighted by Gasteiger charge is 2.12. The summed E-state index contributed by atoms with van der Waals surface area (Å²) in [7, 11) is 4.93. The number of carbonyl (C=O) groups excluding carboxylic acids is 1. The van der Waals surface area contributed by atoms with Gasteiger partial charge in [-0.25, -0.2) is 0 Å². The molecule has 8 nitrogen and oxygen atoms in total. The Balaban J connectivity index is 2.39. The highest BCUT2D eigenvalue weighted by Crippen LogP contribution is 2.09. The van der Waals surface area contributed by atoms with Gasteiger partial charge in [0.2, 0.25) is 11.8 Å². The highest BCUT2D eigenvalue weighted by atomic mass is 16.5. The summed E-state index contributed by atoms with van der Waals surface area (Å²) in [6, 6.07) is 0.321. The third kappa shape index (κ3) is 4.68. The minimum Gasteiger partial charge on any atom is -0.407 e. The summed E-state index contributed by atoms with van der Waals surface area (Å²) in [6.07, 6.45) is 0. The number of nitrogens with zero attached hydrogens (tertiary/aromatic N) is 3. The van der Waals surface area contributed by atoms with Crippen LogP contribution in [0.2, 0.25) is 0 Å². The number of anilines is 1.